The first-order chi connectivity index (χ1) is 7.66. The Balaban J connectivity index is 2.38. The largest absolute Gasteiger partial charge is 0.268 e. The zero-order chi connectivity index (χ0) is 11.5. The van der Waals surface area contributed by atoms with Crippen LogP contribution in [0.3, 0.4) is 0 Å². The fraction of sp³-hybridized carbons (Fsp3) is 0.0909. The van der Waals surface area contributed by atoms with E-state index in [9.17, 15) is 13.6 Å². The molecule has 0 fully saturated rings. The maximum atomic E-state index is 13.3. The number of halogens is 2. The zero-order valence-corrected chi connectivity index (χ0v) is 8.21. The van der Waals surface area contributed by atoms with Crippen molar-refractivity contribution in [3.63, 3.8) is 0 Å². The van der Waals surface area contributed by atoms with Crippen LogP contribution < -0.4 is 5.56 Å². The number of nitrogens with one attached hydrogen (secondary N) is 1. The normalized spacial score (nSPS) is 10.4. The number of hydrogen-bond acceptors (Lipinski definition) is 2. The van der Waals surface area contributed by atoms with Crippen LogP contribution in [0.5, 0.6) is 0 Å². The molecule has 0 unspecified atom stereocenters. The molecule has 5 heteroatoms. The van der Waals surface area contributed by atoms with E-state index in [4.69, 9.17) is 0 Å². The molecule has 0 saturated carbocycles. The first-order valence-corrected chi connectivity index (χ1v) is 4.63. The second-order valence-electron chi connectivity index (χ2n) is 3.33. The first kappa shape index (κ1) is 10.5. The van der Waals surface area contributed by atoms with Crippen molar-refractivity contribution in [3.05, 3.63) is 63.6 Å². The molecule has 3 nitrogen and oxygen atoms in total. The summed E-state index contributed by atoms with van der Waals surface area (Å²) in [6.45, 7) is 0. The van der Waals surface area contributed by atoms with Crippen molar-refractivity contribution >= 4 is 0 Å². The molecule has 2 rings (SSSR count). The van der Waals surface area contributed by atoms with Crippen molar-refractivity contribution in [2.24, 2.45) is 0 Å². The summed E-state index contributed by atoms with van der Waals surface area (Å²) in [7, 11) is 0. The lowest BCUT2D eigenvalue weighted by Gasteiger charge is -2.03. The summed E-state index contributed by atoms with van der Waals surface area (Å²) < 4.78 is 26.6. The number of nitrogens with zero attached hydrogens (tertiary/aromatic N) is 1. The summed E-state index contributed by atoms with van der Waals surface area (Å²) in [5.74, 6) is -1.25. The van der Waals surface area contributed by atoms with Crippen LogP contribution >= 0.6 is 0 Å². The molecule has 0 aliphatic rings. The number of aromatic nitrogens is 2. The SMILES string of the molecule is O=c1cc(Cc2c(F)cccc2F)cn[nH]1. The topological polar surface area (TPSA) is 45.8 Å². The third-order valence-electron chi connectivity index (χ3n) is 2.16. The Morgan fingerprint density at radius 1 is 1.25 bits per heavy atom. The Bertz CT molecular complexity index is 546. The number of aromatic amines is 1. The lowest BCUT2D eigenvalue weighted by Crippen LogP contribution is -2.08. The lowest BCUT2D eigenvalue weighted by atomic mass is 10.1. The molecule has 0 radical (unpaired) electrons. The zero-order valence-electron chi connectivity index (χ0n) is 8.21. The minimum Gasteiger partial charge on any atom is -0.268 e. The molecular weight excluding hydrogens is 214 g/mol. The maximum Gasteiger partial charge on any atom is 0.264 e. The molecule has 82 valence electrons. The van der Waals surface area contributed by atoms with Crippen LogP contribution in [0, 0.1) is 11.6 Å². The van der Waals surface area contributed by atoms with Crippen molar-refractivity contribution < 1.29 is 8.78 Å². The van der Waals surface area contributed by atoms with Gasteiger partial charge in [0.15, 0.2) is 0 Å². The summed E-state index contributed by atoms with van der Waals surface area (Å²) in [6.07, 6.45) is 1.38. The van der Waals surface area contributed by atoms with E-state index >= 15 is 0 Å². The molecule has 0 atom stereocenters. The van der Waals surface area contributed by atoms with E-state index < -0.39 is 17.2 Å². The Labute approximate surface area is 89.8 Å². The minimum absolute atomic E-state index is 0.00935. The summed E-state index contributed by atoms with van der Waals surface area (Å²) in [5.41, 5.74) is 0.0110. The highest BCUT2D eigenvalue weighted by Gasteiger charge is 2.09. The highest BCUT2D eigenvalue weighted by atomic mass is 19.1. The lowest BCUT2D eigenvalue weighted by molar-refractivity contribution is 0.561. The second-order valence-corrected chi connectivity index (χ2v) is 3.33. The molecule has 2 aromatic rings. The Hall–Kier alpha value is -2.04. The Morgan fingerprint density at radius 2 is 1.94 bits per heavy atom. The van der Waals surface area contributed by atoms with Crippen LogP contribution in [0.25, 0.3) is 0 Å². The summed E-state index contributed by atoms with van der Waals surface area (Å²) >= 11 is 0. The van der Waals surface area contributed by atoms with Crippen LogP contribution in [-0.4, -0.2) is 10.2 Å². The maximum absolute atomic E-state index is 13.3. The Kier molecular flexibility index (Phi) is 2.76. The molecule has 1 heterocycles. The highest BCUT2D eigenvalue weighted by molar-refractivity contribution is 5.26. The van der Waals surface area contributed by atoms with Crippen LogP contribution in [0.1, 0.15) is 11.1 Å². The van der Waals surface area contributed by atoms with Gasteiger partial charge >= 0.3 is 0 Å². The van der Waals surface area contributed by atoms with E-state index in [2.05, 4.69) is 10.2 Å². The smallest absolute Gasteiger partial charge is 0.264 e. The van der Waals surface area contributed by atoms with Gasteiger partial charge in [-0.15, -0.1) is 0 Å². The van der Waals surface area contributed by atoms with Crippen LogP contribution in [0.4, 0.5) is 8.78 Å². The van der Waals surface area contributed by atoms with Gasteiger partial charge in [-0.3, -0.25) is 4.79 Å². The van der Waals surface area contributed by atoms with E-state index in [1.807, 2.05) is 0 Å². The average molecular weight is 222 g/mol. The van der Waals surface area contributed by atoms with Crippen LogP contribution in [-0.2, 0) is 6.42 Å². The minimum atomic E-state index is -0.625. The summed E-state index contributed by atoms with van der Waals surface area (Å²) in [5, 5.41) is 5.75. The van der Waals surface area contributed by atoms with Gasteiger partial charge in [-0.05, 0) is 17.7 Å². The number of benzene rings is 1. The molecule has 1 aromatic heterocycles. The molecule has 0 saturated heterocycles. The fourth-order valence-electron chi connectivity index (χ4n) is 1.42. The number of hydrogen-bond donors (Lipinski definition) is 1. The molecule has 1 N–H and O–H groups in total. The second kappa shape index (κ2) is 4.22. The van der Waals surface area contributed by atoms with E-state index in [-0.39, 0.29) is 12.0 Å². The van der Waals surface area contributed by atoms with Crippen LogP contribution in [0.15, 0.2) is 35.3 Å². The molecule has 16 heavy (non-hydrogen) atoms. The fourth-order valence-corrected chi connectivity index (χ4v) is 1.42. The Morgan fingerprint density at radius 3 is 2.56 bits per heavy atom. The molecule has 1 aromatic carbocycles. The van der Waals surface area contributed by atoms with E-state index in [1.54, 1.807) is 0 Å². The van der Waals surface area contributed by atoms with Gasteiger partial charge < -0.3 is 0 Å². The highest BCUT2D eigenvalue weighted by Crippen LogP contribution is 2.15. The third kappa shape index (κ3) is 2.13. The van der Waals surface area contributed by atoms with Gasteiger partial charge in [0.2, 0.25) is 0 Å². The van der Waals surface area contributed by atoms with Gasteiger partial charge in [0.1, 0.15) is 11.6 Å². The number of rotatable bonds is 2. The van der Waals surface area contributed by atoms with Gasteiger partial charge in [0, 0.05) is 18.1 Å². The molecule has 0 bridgehead atoms. The van der Waals surface area contributed by atoms with Gasteiger partial charge in [0.05, 0.1) is 6.20 Å². The third-order valence-corrected chi connectivity index (χ3v) is 2.16. The van der Waals surface area contributed by atoms with Crippen molar-refractivity contribution in [3.8, 4) is 0 Å². The van der Waals surface area contributed by atoms with Gasteiger partial charge in [0.25, 0.3) is 5.56 Å². The average Bonchev–Trinajstić information content (AvgIpc) is 2.24. The molecule has 0 amide bonds. The van der Waals surface area contributed by atoms with E-state index in [1.165, 1.54) is 30.5 Å². The van der Waals surface area contributed by atoms with Crippen molar-refractivity contribution in [2.45, 2.75) is 6.42 Å². The predicted molar refractivity (Wildman–Crippen MR) is 54.0 cm³/mol. The van der Waals surface area contributed by atoms with Gasteiger partial charge in [-0.25, -0.2) is 13.9 Å². The predicted octanol–water partition coefficient (Wildman–Crippen LogP) is 1.64. The summed E-state index contributed by atoms with van der Waals surface area (Å²) in [6, 6.07) is 4.92. The van der Waals surface area contributed by atoms with Crippen molar-refractivity contribution in [1.29, 1.82) is 0 Å². The standard InChI is InChI=1S/C11H8F2N2O/c12-9-2-1-3-10(13)8(9)4-7-5-11(16)15-14-6-7/h1-3,5-6H,4H2,(H,15,16). The number of H-pyrrole nitrogens is 1. The van der Waals surface area contributed by atoms with E-state index in [0.717, 1.165) is 0 Å². The van der Waals surface area contributed by atoms with Crippen molar-refractivity contribution in [2.75, 3.05) is 0 Å². The summed E-state index contributed by atoms with van der Waals surface area (Å²) in [4.78, 5) is 10.9. The van der Waals surface area contributed by atoms with E-state index in [0.29, 0.717) is 5.56 Å². The first-order valence-electron chi connectivity index (χ1n) is 4.63. The van der Waals surface area contributed by atoms with Gasteiger partial charge in [-0.2, -0.15) is 5.10 Å². The molecule has 0 spiro atoms. The van der Waals surface area contributed by atoms with Gasteiger partial charge in [-0.1, -0.05) is 6.07 Å². The molecule has 0 aliphatic carbocycles. The molecule has 0 aliphatic heterocycles. The quantitative estimate of drug-likeness (QED) is 0.839. The molecular formula is C11H8F2N2O. The van der Waals surface area contributed by atoms with Crippen molar-refractivity contribution in [1.82, 2.24) is 10.2 Å². The monoisotopic (exact) mass is 222 g/mol. The van der Waals surface area contributed by atoms with Crippen LogP contribution in [0.2, 0.25) is 0 Å².